The largest absolute Gasteiger partial charge is 0.324 e. The number of benzene rings is 1. The standard InChI is InChI=1S/C15H12Cl2N2S/c16-14-8-11(15(17)20-14)12(18)7-10-6-5-9-3-1-2-4-13(9)19-10/h1-6,8,12H,7,18H2. The number of nitrogens with zero attached hydrogens (tertiary/aromatic N) is 1. The molecule has 5 heteroatoms. The highest BCUT2D eigenvalue weighted by atomic mass is 35.5. The first-order valence-electron chi connectivity index (χ1n) is 6.18. The van der Waals surface area contributed by atoms with Crippen molar-refractivity contribution in [2.75, 3.05) is 0 Å². The Morgan fingerprint density at radius 2 is 1.95 bits per heavy atom. The van der Waals surface area contributed by atoms with Gasteiger partial charge in [0.1, 0.15) is 0 Å². The number of thiophene rings is 1. The van der Waals surface area contributed by atoms with Gasteiger partial charge < -0.3 is 5.73 Å². The van der Waals surface area contributed by atoms with Crippen LogP contribution in [0.2, 0.25) is 8.67 Å². The van der Waals surface area contributed by atoms with Crippen molar-refractivity contribution in [1.29, 1.82) is 0 Å². The van der Waals surface area contributed by atoms with E-state index in [0.717, 1.165) is 22.2 Å². The van der Waals surface area contributed by atoms with Crippen LogP contribution in [-0.4, -0.2) is 4.98 Å². The van der Waals surface area contributed by atoms with E-state index in [9.17, 15) is 0 Å². The van der Waals surface area contributed by atoms with Gasteiger partial charge in [0.15, 0.2) is 0 Å². The van der Waals surface area contributed by atoms with E-state index in [2.05, 4.69) is 11.1 Å². The molecule has 2 nitrogen and oxygen atoms in total. The molecular formula is C15H12Cl2N2S. The summed E-state index contributed by atoms with van der Waals surface area (Å²) in [6, 6.07) is 13.7. The van der Waals surface area contributed by atoms with Crippen LogP contribution in [0.15, 0.2) is 42.5 Å². The summed E-state index contributed by atoms with van der Waals surface area (Å²) in [7, 11) is 0. The number of fused-ring (bicyclic) bond motifs is 1. The number of nitrogens with two attached hydrogens (primary N) is 1. The summed E-state index contributed by atoms with van der Waals surface area (Å²) in [6.07, 6.45) is 0.637. The number of pyridine rings is 1. The number of rotatable bonds is 3. The van der Waals surface area contributed by atoms with Gasteiger partial charge in [-0.3, -0.25) is 4.98 Å². The predicted molar refractivity (Wildman–Crippen MR) is 86.7 cm³/mol. The fourth-order valence-corrected chi connectivity index (χ4v) is 3.76. The van der Waals surface area contributed by atoms with Gasteiger partial charge in [0.05, 0.1) is 14.2 Å². The van der Waals surface area contributed by atoms with Crippen molar-refractivity contribution in [1.82, 2.24) is 4.98 Å². The molecule has 102 valence electrons. The van der Waals surface area contributed by atoms with Crippen molar-refractivity contribution in [3.8, 4) is 0 Å². The lowest BCUT2D eigenvalue weighted by Crippen LogP contribution is -2.13. The smallest absolute Gasteiger partial charge is 0.0992 e. The van der Waals surface area contributed by atoms with Gasteiger partial charge >= 0.3 is 0 Å². The minimum atomic E-state index is -0.195. The molecule has 3 aromatic rings. The molecule has 2 N–H and O–H groups in total. The summed E-state index contributed by atoms with van der Waals surface area (Å²) < 4.78 is 1.32. The molecule has 0 radical (unpaired) electrons. The van der Waals surface area contributed by atoms with Gasteiger partial charge in [-0.05, 0) is 18.2 Å². The molecule has 1 atom stereocenters. The van der Waals surface area contributed by atoms with Crippen molar-refractivity contribution in [3.05, 3.63) is 62.4 Å². The lowest BCUT2D eigenvalue weighted by molar-refractivity contribution is 0.712. The summed E-state index contributed by atoms with van der Waals surface area (Å²) in [5, 5.41) is 1.13. The highest BCUT2D eigenvalue weighted by molar-refractivity contribution is 7.20. The molecule has 3 rings (SSSR count). The molecule has 0 spiro atoms. The normalized spacial score (nSPS) is 12.8. The first-order valence-corrected chi connectivity index (χ1v) is 7.76. The van der Waals surface area contributed by atoms with Crippen LogP contribution in [0.3, 0.4) is 0 Å². The highest BCUT2D eigenvalue weighted by Gasteiger charge is 2.15. The van der Waals surface area contributed by atoms with Crippen LogP contribution in [0.1, 0.15) is 17.3 Å². The summed E-state index contributed by atoms with van der Waals surface area (Å²) in [5.74, 6) is 0. The lowest BCUT2D eigenvalue weighted by Gasteiger charge is -2.10. The zero-order valence-electron chi connectivity index (χ0n) is 10.5. The molecular weight excluding hydrogens is 311 g/mol. The van der Waals surface area contributed by atoms with Crippen LogP contribution in [0.25, 0.3) is 10.9 Å². The third-order valence-corrected chi connectivity index (χ3v) is 4.69. The molecule has 2 heterocycles. The molecule has 0 saturated carbocycles. The van der Waals surface area contributed by atoms with Gasteiger partial charge in [-0.15, -0.1) is 11.3 Å². The van der Waals surface area contributed by atoms with Crippen LogP contribution in [0.5, 0.6) is 0 Å². The van der Waals surface area contributed by atoms with Gasteiger partial charge in [0.2, 0.25) is 0 Å². The molecule has 0 aliphatic rings. The average molecular weight is 323 g/mol. The average Bonchev–Trinajstić information content (AvgIpc) is 2.78. The molecule has 2 aromatic heterocycles. The van der Waals surface area contributed by atoms with Gasteiger partial charge in [-0.1, -0.05) is 47.5 Å². The maximum absolute atomic E-state index is 6.21. The molecule has 0 aliphatic heterocycles. The lowest BCUT2D eigenvalue weighted by atomic mass is 10.1. The summed E-state index contributed by atoms with van der Waals surface area (Å²) in [4.78, 5) is 4.62. The third-order valence-electron chi connectivity index (χ3n) is 3.17. The zero-order valence-corrected chi connectivity index (χ0v) is 12.8. The summed E-state index contributed by atoms with van der Waals surface area (Å²) >= 11 is 13.4. The number of aromatic nitrogens is 1. The number of para-hydroxylation sites is 1. The second kappa shape index (κ2) is 5.70. The Morgan fingerprint density at radius 3 is 2.70 bits per heavy atom. The molecule has 0 saturated heterocycles. The van der Waals surface area contributed by atoms with E-state index < -0.39 is 0 Å². The van der Waals surface area contributed by atoms with Crippen molar-refractivity contribution >= 4 is 45.4 Å². The third kappa shape index (κ3) is 2.81. The quantitative estimate of drug-likeness (QED) is 0.748. The van der Waals surface area contributed by atoms with E-state index in [0.29, 0.717) is 15.1 Å². The summed E-state index contributed by atoms with van der Waals surface area (Å²) in [6.45, 7) is 0. The van der Waals surface area contributed by atoms with E-state index in [1.165, 1.54) is 11.3 Å². The monoisotopic (exact) mass is 322 g/mol. The molecule has 1 unspecified atom stereocenters. The van der Waals surface area contributed by atoms with Crippen molar-refractivity contribution in [2.45, 2.75) is 12.5 Å². The van der Waals surface area contributed by atoms with Gasteiger partial charge in [0.25, 0.3) is 0 Å². The van der Waals surface area contributed by atoms with Gasteiger partial charge in [-0.2, -0.15) is 0 Å². The molecule has 20 heavy (non-hydrogen) atoms. The highest BCUT2D eigenvalue weighted by Crippen LogP contribution is 2.35. The van der Waals surface area contributed by atoms with Gasteiger partial charge in [0, 0.05) is 29.1 Å². The van der Waals surface area contributed by atoms with E-state index in [4.69, 9.17) is 28.9 Å². The minimum absolute atomic E-state index is 0.195. The molecule has 0 bridgehead atoms. The zero-order chi connectivity index (χ0) is 14.1. The second-order valence-corrected chi connectivity index (χ2v) is 6.87. The van der Waals surface area contributed by atoms with Crippen molar-refractivity contribution in [2.24, 2.45) is 5.73 Å². The second-order valence-electron chi connectivity index (χ2n) is 4.59. The minimum Gasteiger partial charge on any atom is -0.324 e. The predicted octanol–water partition coefficient (Wildman–Crippen LogP) is 4.85. The van der Waals surface area contributed by atoms with Crippen LogP contribution in [0, 0.1) is 0 Å². The molecule has 0 fully saturated rings. The topological polar surface area (TPSA) is 38.9 Å². The van der Waals surface area contributed by atoms with Crippen LogP contribution >= 0.6 is 34.5 Å². The summed E-state index contributed by atoms with van der Waals surface area (Å²) in [5.41, 5.74) is 9.03. The molecule has 1 aromatic carbocycles. The van der Waals surface area contributed by atoms with Crippen LogP contribution in [-0.2, 0) is 6.42 Å². The Hall–Kier alpha value is -1.13. The SMILES string of the molecule is NC(Cc1ccc2ccccc2n1)c1cc(Cl)sc1Cl. The first kappa shape index (κ1) is 13.8. The number of halogens is 2. The molecule has 0 aliphatic carbocycles. The Kier molecular flexibility index (Phi) is 3.94. The van der Waals surface area contributed by atoms with E-state index in [1.54, 1.807) is 0 Å². The first-order chi connectivity index (χ1) is 9.63. The maximum atomic E-state index is 6.21. The van der Waals surface area contributed by atoms with Crippen LogP contribution < -0.4 is 5.73 Å². The van der Waals surface area contributed by atoms with E-state index >= 15 is 0 Å². The van der Waals surface area contributed by atoms with Crippen LogP contribution in [0.4, 0.5) is 0 Å². The van der Waals surface area contributed by atoms with E-state index in [-0.39, 0.29) is 6.04 Å². The molecule has 0 amide bonds. The fourth-order valence-electron chi connectivity index (χ4n) is 2.16. The number of hydrogen-bond acceptors (Lipinski definition) is 3. The maximum Gasteiger partial charge on any atom is 0.0992 e. The number of hydrogen-bond donors (Lipinski definition) is 1. The Balaban J connectivity index is 1.87. The van der Waals surface area contributed by atoms with Crippen molar-refractivity contribution < 1.29 is 0 Å². The van der Waals surface area contributed by atoms with E-state index in [1.807, 2.05) is 36.4 Å². The fraction of sp³-hybridized carbons (Fsp3) is 0.133. The Bertz CT molecular complexity index is 754. The Morgan fingerprint density at radius 1 is 1.15 bits per heavy atom. The van der Waals surface area contributed by atoms with Gasteiger partial charge in [-0.25, -0.2) is 0 Å². The van der Waals surface area contributed by atoms with Crippen molar-refractivity contribution in [3.63, 3.8) is 0 Å². The Labute approximate surface area is 131 Å².